The lowest BCUT2D eigenvalue weighted by atomic mass is 9.97. The van der Waals surface area contributed by atoms with E-state index in [0.29, 0.717) is 13.1 Å². The lowest BCUT2D eigenvalue weighted by molar-refractivity contribution is 0.240. The molecular weight excluding hydrogens is 274 g/mol. The molecule has 4 heteroatoms. The molecule has 116 valence electrons. The number of benzene rings is 1. The average molecular weight is 297 g/mol. The van der Waals surface area contributed by atoms with E-state index < -0.39 is 0 Å². The molecule has 0 saturated carbocycles. The maximum Gasteiger partial charge on any atom is 0.322 e. The molecule has 2 rings (SSSR count). The quantitative estimate of drug-likeness (QED) is 0.931. The lowest BCUT2D eigenvalue weighted by Gasteiger charge is -2.26. The van der Waals surface area contributed by atoms with E-state index in [1.54, 1.807) is 17.3 Å². The highest BCUT2D eigenvalue weighted by Crippen LogP contribution is 2.17. The van der Waals surface area contributed by atoms with Crippen LogP contribution in [0.5, 0.6) is 0 Å². The number of amides is 2. The summed E-state index contributed by atoms with van der Waals surface area (Å²) in [5.41, 5.74) is 1.92. The Balaban J connectivity index is 2.17. The van der Waals surface area contributed by atoms with Gasteiger partial charge in [-0.15, -0.1) is 0 Å². The van der Waals surface area contributed by atoms with Crippen molar-refractivity contribution < 1.29 is 4.79 Å². The molecule has 0 aliphatic heterocycles. The summed E-state index contributed by atoms with van der Waals surface area (Å²) in [6.07, 6.45) is 3.52. The molecule has 4 nitrogen and oxygen atoms in total. The number of hydrogen-bond acceptors (Lipinski definition) is 2. The van der Waals surface area contributed by atoms with E-state index in [4.69, 9.17) is 0 Å². The smallest absolute Gasteiger partial charge is 0.322 e. The van der Waals surface area contributed by atoms with Crippen LogP contribution in [0.2, 0.25) is 0 Å². The number of carbonyl (C=O) groups is 1. The summed E-state index contributed by atoms with van der Waals surface area (Å²) in [6.45, 7) is 7.42. The summed E-state index contributed by atoms with van der Waals surface area (Å²) in [4.78, 5) is 18.4. The minimum atomic E-state index is -0.0926. The van der Waals surface area contributed by atoms with Gasteiger partial charge in [0.1, 0.15) is 0 Å². The van der Waals surface area contributed by atoms with Gasteiger partial charge in [-0.05, 0) is 29.2 Å². The molecule has 0 bridgehead atoms. The van der Waals surface area contributed by atoms with Crippen LogP contribution in [0.3, 0.4) is 0 Å². The third-order valence-electron chi connectivity index (χ3n) is 3.15. The molecule has 2 aromatic rings. The van der Waals surface area contributed by atoms with E-state index in [2.05, 4.69) is 31.1 Å². The molecule has 0 fully saturated rings. The van der Waals surface area contributed by atoms with Crippen molar-refractivity contribution in [1.29, 1.82) is 0 Å². The monoisotopic (exact) mass is 297 g/mol. The first-order valence-corrected chi connectivity index (χ1v) is 7.45. The van der Waals surface area contributed by atoms with Gasteiger partial charge in [-0.2, -0.15) is 0 Å². The van der Waals surface area contributed by atoms with Crippen molar-refractivity contribution in [3.63, 3.8) is 0 Å². The fourth-order valence-corrected chi connectivity index (χ4v) is 2.00. The molecular formula is C18H23N3O. The van der Waals surface area contributed by atoms with Crippen molar-refractivity contribution in [1.82, 2.24) is 10.3 Å². The number of anilines is 1. The lowest BCUT2D eigenvalue weighted by Crippen LogP contribution is -2.42. The SMILES string of the molecule is CC(C)(C)CNC(=O)N(Cc1cccnc1)c1ccccc1. The third-order valence-corrected chi connectivity index (χ3v) is 3.15. The minimum absolute atomic E-state index is 0.0479. The van der Waals surface area contributed by atoms with Gasteiger partial charge in [0.05, 0.1) is 6.54 Å². The summed E-state index contributed by atoms with van der Waals surface area (Å²) < 4.78 is 0. The number of hydrogen-bond donors (Lipinski definition) is 1. The summed E-state index contributed by atoms with van der Waals surface area (Å²) >= 11 is 0. The predicted molar refractivity (Wildman–Crippen MR) is 89.7 cm³/mol. The summed E-state index contributed by atoms with van der Waals surface area (Å²) in [7, 11) is 0. The Morgan fingerprint density at radius 3 is 2.45 bits per heavy atom. The van der Waals surface area contributed by atoms with Crippen LogP contribution in [-0.2, 0) is 6.54 Å². The van der Waals surface area contributed by atoms with E-state index in [9.17, 15) is 4.79 Å². The predicted octanol–water partition coefficient (Wildman–Crippen LogP) is 3.84. The number of nitrogens with one attached hydrogen (secondary N) is 1. The van der Waals surface area contributed by atoms with Gasteiger partial charge in [0.25, 0.3) is 0 Å². The highest BCUT2D eigenvalue weighted by molar-refractivity contribution is 5.91. The standard InChI is InChI=1S/C18H23N3O/c1-18(2,3)14-20-17(22)21(16-9-5-4-6-10-16)13-15-8-7-11-19-12-15/h4-12H,13-14H2,1-3H3,(H,20,22). The minimum Gasteiger partial charge on any atom is -0.337 e. The Hall–Kier alpha value is -2.36. The Labute approximate surface area is 132 Å². The molecule has 0 aliphatic carbocycles. The van der Waals surface area contributed by atoms with Crippen molar-refractivity contribution in [3.05, 3.63) is 60.4 Å². The van der Waals surface area contributed by atoms with Crippen LogP contribution in [0, 0.1) is 5.41 Å². The molecule has 0 radical (unpaired) electrons. The first kappa shape index (κ1) is 16.0. The third kappa shape index (κ3) is 4.88. The molecule has 1 aromatic heterocycles. The number of rotatable bonds is 4. The number of urea groups is 1. The van der Waals surface area contributed by atoms with Gasteiger partial charge in [-0.25, -0.2) is 4.79 Å². The molecule has 1 aromatic carbocycles. The zero-order valence-corrected chi connectivity index (χ0v) is 13.4. The fraction of sp³-hybridized carbons (Fsp3) is 0.333. The molecule has 2 amide bonds. The fourth-order valence-electron chi connectivity index (χ4n) is 2.00. The normalized spacial score (nSPS) is 11.0. The molecule has 0 spiro atoms. The van der Waals surface area contributed by atoms with E-state index in [1.807, 2.05) is 42.5 Å². The molecule has 0 aliphatic rings. The highest BCUT2D eigenvalue weighted by atomic mass is 16.2. The van der Waals surface area contributed by atoms with Crippen LogP contribution >= 0.6 is 0 Å². The van der Waals surface area contributed by atoms with Gasteiger partial charge in [-0.3, -0.25) is 9.88 Å². The van der Waals surface area contributed by atoms with Gasteiger partial charge in [0, 0.05) is 24.6 Å². The number of aromatic nitrogens is 1. The van der Waals surface area contributed by atoms with Crippen molar-refractivity contribution >= 4 is 11.7 Å². The molecule has 22 heavy (non-hydrogen) atoms. The second kappa shape index (κ2) is 7.07. The van der Waals surface area contributed by atoms with Crippen molar-refractivity contribution in [2.45, 2.75) is 27.3 Å². The van der Waals surface area contributed by atoms with Gasteiger partial charge in [0.15, 0.2) is 0 Å². The second-order valence-electron chi connectivity index (χ2n) is 6.50. The number of pyridine rings is 1. The van der Waals surface area contributed by atoms with E-state index >= 15 is 0 Å². The van der Waals surface area contributed by atoms with Gasteiger partial charge in [0.2, 0.25) is 0 Å². The largest absolute Gasteiger partial charge is 0.337 e. The van der Waals surface area contributed by atoms with Crippen LogP contribution in [0.15, 0.2) is 54.9 Å². The van der Waals surface area contributed by atoms with Crippen molar-refractivity contribution in [3.8, 4) is 0 Å². The topological polar surface area (TPSA) is 45.2 Å². The average Bonchev–Trinajstić information content (AvgIpc) is 2.51. The van der Waals surface area contributed by atoms with Crippen LogP contribution in [0.4, 0.5) is 10.5 Å². The van der Waals surface area contributed by atoms with Gasteiger partial charge < -0.3 is 5.32 Å². The van der Waals surface area contributed by atoms with Crippen LogP contribution in [0.25, 0.3) is 0 Å². The first-order valence-electron chi connectivity index (χ1n) is 7.45. The summed E-state index contributed by atoms with van der Waals surface area (Å²) in [5.74, 6) is 0. The Kier molecular flexibility index (Phi) is 5.15. The van der Waals surface area contributed by atoms with Crippen LogP contribution in [-0.4, -0.2) is 17.6 Å². The number of para-hydroxylation sites is 1. The zero-order valence-electron chi connectivity index (χ0n) is 13.4. The highest BCUT2D eigenvalue weighted by Gasteiger charge is 2.18. The number of nitrogens with zero attached hydrogens (tertiary/aromatic N) is 2. The molecule has 1 heterocycles. The van der Waals surface area contributed by atoms with Crippen LogP contribution in [0.1, 0.15) is 26.3 Å². The van der Waals surface area contributed by atoms with Gasteiger partial charge >= 0.3 is 6.03 Å². The van der Waals surface area contributed by atoms with E-state index in [1.165, 1.54) is 0 Å². The van der Waals surface area contributed by atoms with Gasteiger partial charge in [-0.1, -0.05) is 45.0 Å². The Morgan fingerprint density at radius 2 is 1.86 bits per heavy atom. The second-order valence-corrected chi connectivity index (χ2v) is 6.50. The van der Waals surface area contributed by atoms with E-state index in [-0.39, 0.29) is 11.4 Å². The van der Waals surface area contributed by atoms with E-state index in [0.717, 1.165) is 11.3 Å². The summed E-state index contributed by atoms with van der Waals surface area (Å²) in [6, 6.07) is 13.4. The van der Waals surface area contributed by atoms with Crippen molar-refractivity contribution in [2.75, 3.05) is 11.4 Å². The number of carbonyl (C=O) groups excluding carboxylic acids is 1. The molecule has 1 N–H and O–H groups in total. The maximum atomic E-state index is 12.6. The molecule has 0 atom stereocenters. The summed E-state index contributed by atoms with van der Waals surface area (Å²) in [5, 5.41) is 3.01. The first-order chi connectivity index (χ1) is 10.5. The molecule has 0 saturated heterocycles. The Morgan fingerprint density at radius 1 is 1.14 bits per heavy atom. The van der Waals surface area contributed by atoms with Crippen LogP contribution < -0.4 is 10.2 Å². The van der Waals surface area contributed by atoms with Crippen molar-refractivity contribution in [2.24, 2.45) is 5.41 Å². The maximum absolute atomic E-state index is 12.6. The molecule has 0 unspecified atom stereocenters. The Bertz CT molecular complexity index is 591. The zero-order chi connectivity index (χ0) is 16.0.